The number of nitrogens with zero attached hydrogens (tertiary/aromatic N) is 2. The lowest BCUT2D eigenvalue weighted by Gasteiger charge is -2.30. The van der Waals surface area contributed by atoms with E-state index in [1.165, 1.54) is 23.1 Å². The lowest BCUT2D eigenvalue weighted by atomic mass is 10.1. The van der Waals surface area contributed by atoms with E-state index in [1.54, 1.807) is 18.2 Å². The van der Waals surface area contributed by atoms with E-state index >= 15 is 0 Å². The van der Waals surface area contributed by atoms with Crippen LogP contribution in [0.4, 0.5) is 5.69 Å². The van der Waals surface area contributed by atoms with Gasteiger partial charge in [-0.25, -0.2) is 4.79 Å². The molecule has 3 aromatic rings. The predicted octanol–water partition coefficient (Wildman–Crippen LogP) is 4.59. The third kappa shape index (κ3) is 4.02. The Kier molecular flexibility index (Phi) is 6.12. The van der Waals surface area contributed by atoms with Crippen LogP contribution < -0.4 is 10.2 Å². The van der Waals surface area contributed by atoms with Crippen molar-refractivity contribution in [3.8, 4) is 5.69 Å². The average molecular weight is 494 g/mol. The fourth-order valence-corrected chi connectivity index (χ4v) is 4.47. The summed E-state index contributed by atoms with van der Waals surface area (Å²) in [4.78, 5) is 38.9. The van der Waals surface area contributed by atoms with Gasteiger partial charge in [0.1, 0.15) is 5.57 Å². The fourth-order valence-electron chi connectivity index (χ4n) is 3.99. The first-order valence-electron chi connectivity index (χ1n) is 10.3. The first-order chi connectivity index (χ1) is 16.1. The van der Waals surface area contributed by atoms with Crippen LogP contribution in [0, 0.1) is 20.8 Å². The highest BCUT2D eigenvalue weighted by Gasteiger charge is 2.35. The molecule has 34 heavy (non-hydrogen) atoms. The highest BCUT2D eigenvalue weighted by Crippen LogP contribution is 2.28. The first-order valence-corrected chi connectivity index (χ1v) is 11.1. The molecule has 4 rings (SSSR count). The summed E-state index contributed by atoms with van der Waals surface area (Å²) in [5.74, 6) is -2.23. The number of aromatic nitrogens is 1. The SMILES string of the molecule is Cc1ccccc1N1C(=O)/C(=C\c2cc(C)n(-c3ccc(Cl)c(C(=O)O)c3)c2C)C(=O)NC1=S. The van der Waals surface area contributed by atoms with Crippen molar-refractivity contribution < 1.29 is 19.5 Å². The number of nitrogens with one attached hydrogen (secondary N) is 1. The maximum absolute atomic E-state index is 13.4. The molecule has 9 heteroatoms. The summed E-state index contributed by atoms with van der Waals surface area (Å²) in [5, 5.41) is 12.2. The Morgan fingerprint density at radius 1 is 1.09 bits per heavy atom. The maximum atomic E-state index is 13.4. The van der Waals surface area contributed by atoms with Crippen LogP contribution in [-0.2, 0) is 9.59 Å². The zero-order valence-electron chi connectivity index (χ0n) is 18.5. The number of hydrogen-bond acceptors (Lipinski definition) is 4. The molecule has 0 atom stereocenters. The molecule has 0 spiro atoms. The van der Waals surface area contributed by atoms with Gasteiger partial charge < -0.3 is 9.67 Å². The molecular weight excluding hydrogens is 474 g/mol. The molecule has 172 valence electrons. The van der Waals surface area contributed by atoms with Crippen molar-refractivity contribution in [1.82, 2.24) is 9.88 Å². The summed E-state index contributed by atoms with van der Waals surface area (Å²) >= 11 is 11.3. The van der Waals surface area contributed by atoms with E-state index in [2.05, 4.69) is 5.32 Å². The molecule has 2 amide bonds. The van der Waals surface area contributed by atoms with Gasteiger partial charge in [-0.2, -0.15) is 0 Å². The molecule has 0 saturated carbocycles. The number of hydrogen-bond donors (Lipinski definition) is 2. The van der Waals surface area contributed by atoms with Gasteiger partial charge in [0.15, 0.2) is 5.11 Å². The summed E-state index contributed by atoms with van der Waals surface area (Å²) in [5.41, 5.74) is 4.11. The molecule has 7 nitrogen and oxygen atoms in total. The molecule has 1 aliphatic rings. The minimum absolute atomic E-state index is 0.0178. The molecule has 2 heterocycles. The van der Waals surface area contributed by atoms with Crippen molar-refractivity contribution in [2.75, 3.05) is 4.90 Å². The third-order valence-electron chi connectivity index (χ3n) is 5.67. The van der Waals surface area contributed by atoms with Crippen LogP contribution in [0.15, 0.2) is 54.1 Å². The minimum Gasteiger partial charge on any atom is -0.478 e. The van der Waals surface area contributed by atoms with Crippen molar-refractivity contribution in [1.29, 1.82) is 0 Å². The Balaban J connectivity index is 1.79. The maximum Gasteiger partial charge on any atom is 0.337 e. The minimum atomic E-state index is -1.13. The van der Waals surface area contributed by atoms with E-state index in [0.717, 1.165) is 17.0 Å². The van der Waals surface area contributed by atoms with E-state index in [0.29, 0.717) is 16.9 Å². The second-order valence-electron chi connectivity index (χ2n) is 7.88. The number of benzene rings is 2. The molecule has 1 saturated heterocycles. The number of rotatable bonds is 4. The Morgan fingerprint density at radius 3 is 2.47 bits per heavy atom. The molecule has 0 unspecified atom stereocenters. The summed E-state index contributed by atoms with van der Waals surface area (Å²) in [7, 11) is 0. The van der Waals surface area contributed by atoms with Crippen molar-refractivity contribution in [2.24, 2.45) is 0 Å². The number of carboxylic acid groups (broad SMARTS) is 1. The van der Waals surface area contributed by atoms with Crippen LogP contribution in [0.3, 0.4) is 0 Å². The van der Waals surface area contributed by atoms with Gasteiger partial charge in [0.2, 0.25) is 0 Å². The number of carboxylic acids is 1. The van der Waals surface area contributed by atoms with Crippen LogP contribution in [0.2, 0.25) is 5.02 Å². The van der Waals surface area contributed by atoms with Crippen LogP contribution in [-0.4, -0.2) is 32.6 Å². The number of carbonyl (C=O) groups is 3. The Labute approximate surface area is 206 Å². The normalized spacial score (nSPS) is 15.1. The van der Waals surface area contributed by atoms with E-state index in [4.69, 9.17) is 23.8 Å². The first kappa shape index (κ1) is 23.4. The second kappa shape index (κ2) is 8.89. The Bertz CT molecular complexity index is 1420. The van der Waals surface area contributed by atoms with Gasteiger partial charge in [0, 0.05) is 17.1 Å². The zero-order valence-corrected chi connectivity index (χ0v) is 20.1. The highest BCUT2D eigenvalue weighted by molar-refractivity contribution is 7.80. The molecule has 0 bridgehead atoms. The quantitative estimate of drug-likeness (QED) is 0.315. The van der Waals surface area contributed by atoms with Gasteiger partial charge in [0.05, 0.1) is 16.3 Å². The predicted molar refractivity (Wildman–Crippen MR) is 135 cm³/mol. The number of para-hydroxylation sites is 1. The molecule has 2 aromatic carbocycles. The molecule has 0 aliphatic carbocycles. The van der Waals surface area contributed by atoms with Gasteiger partial charge >= 0.3 is 5.97 Å². The number of aromatic carboxylic acids is 1. The Hall–Kier alpha value is -3.75. The Morgan fingerprint density at radius 2 is 1.79 bits per heavy atom. The smallest absolute Gasteiger partial charge is 0.337 e. The molecule has 1 aliphatic heterocycles. The number of anilines is 1. The largest absolute Gasteiger partial charge is 0.478 e. The lowest BCUT2D eigenvalue weighted by molar-refractivity contribution is -0.122. The molecule has 1 aromatic heterocycles. The summed E-state index contributed by atoms with van der Waals surface area (Å²) in [6.45, 7) is 5.53. The van der Waals surface area contributed by atoms with Gasteiger partial charge in [-0.15, -0.1) is 0 Å². The summed E-state index contributed by atoms with van der Waals surface area (Å²) < 4.78 is 1.84. The van der Waals surface area contributed by atoms with Gasteiger partial charge in [0.25, 0.3) is 11.8 Å². The lowest BCUT2D eigenvalue weighted by Crippen LogP contribution is -2.54. The number of carbonyl (C=O) groups excluding carboxylic acids is 2. The van der Waals surface area contributed by atoms with E-state index in [9.17, 15) is 19.5 Å². The number of amides is 2. The zero-order chi connectivity index (χ0) is 24.7. The highest BCUT2D eigenvalue weighted by atomic mass is 35.5. The van der Waals surface area contributed by atoms with E-state index in [1.807, 2.05) is 43.5 Å². The number of aryl methyl sites for hydroxylation is 2. The van der Waals surface area contributed by atoms with Crippen LogP contribution >= 0.6 is 23.8 Å². The summed E-state index contributed by atoms with van der Waals surface area (Å²) in [6.07, 6.45) is 1.53. The molecule has 1 fully saturated rings. The van der Waals surface area contributed by atoms with Crippen molar-refractivity contribution in [3.05, 3.63) is 87.2 Å². The second-order valence-corrected chi connectivity index (χ2v) is 8.67. The van der Waals surface area contributed by atoms with Crippen LogP contribution in [0.25, 0.3) is 11.8 Å². The van der Waals surface area contributed by atoms with Crippen molar-refractivity contribution in [2.45, 2.75) is 20.8 Å². The summed E-state index contributed by atoms with van der Waals surface area (Å²) in [6, 6.07) is 13.8. The van der Waals surface area contributed by atoms with Crippen LogP contribution in [0.1, 0.15) is 32.9 Å². The van der Waals surface area contributed by atoms with Gasteiger partial charge in [-0.05, 0) is 80.5 Å². The number of thiocarbonyl (C=S) groups is 1. The topological polar surface area (TPSA) is 91.6 Å². The monoisotopic (exact) mass is 493 g/mol. The average Bonchev–Trinajstić information content (AvgIpc) is 3.05. The third-order valence-corrected chi connectivity index (χ3v) is 6.28. The molecule has 0 radical (unpaired) electrons. The molecule has 2 N–H and O–H groups in total. The van der Waals surface area contributed by atoms with Crippen molar-refractivity contribution in [3.63, 3.8) is 0 Å². The molecular formula is C25H20ClN3O4S. The fraction of sp³-hybridized carbons (Fsp3) is 0.120. The standard InChI is InChI=1S/C25H20ClN3O4S/c1-13-6-4-5-7-21(13)29-23(31)19(22(30)27-25(29)34)11-16-10-14(2)28(15(16)3)17-8-9-20(26)18(12-17)24(32)33/h4-12H,1-3H3,(H,32,33)(H,27,30,34)/b19-11-. The van der Waals surface area contributed by atoms with E-state index in [-0.39, 0.29) is 21.3 Å². The van der Waals surface area contributed by atoms with E-state index < -0.39 is 17.8 Å². The van der Waals surface area contributed by atoms with Gasteiger partial charge in [-0.3, -0.25) is 19.8 Å². The van der Waals surface area contributed by atoms with Crippen LogP contribution in [0.5, 0.6) is 0 Å². The number of halogens is 1. The van der Waals surface area contributed by atoms with Crippen molar-refractivity contribution >= 4 is 58.5 Å². The van der Waals surface area contributed by atoms with Gasteiger partial charge in [-0.1, -0.05) is 29.8 Å².